The number of aromatic nitrogens is 1. The number of thiophene rings is 1. The van der Waals surface area contributed by atoms with Crippen LogP contribution in [-0.4, -0.2) is 29.4 Å². The molecule has 9 heteroatoms. The van der Waals surface area contributed by atoms with E-state index in [0.717, 1.165) is 5.01 Å². The van der Waals surface area contributed by atoms with Gasteiger partial charge in [-0.1, -0.05) is 6.07 Å². The maximum Gasteiger partial charge on any atom is 0.312 e. The first kappa shape index (κ1) is 16.1. The largest absolute Gasteiger partial charge is 0.455 e. The van der Waals surface area contributed by atoms with Crippen LogP contribution >= 0.6 is 22.7 Å². The fourth-order valence-electron chi connectivity index (χ4n) is 1.47. The van der Waals surface area contributed by atoms with Gasteiger partial charge in [0.05, 0.1) is 22.0 Å². The Balaban J connectivity index is 1.67. The van der Waals surface area contributed by atoms with E-state index < -0.39 is 24.4 Å². The van der Waals surface area contributed by atoms with Gasteiger partial charge in [0.25, 0.3) is 11.8 Å². The Morgan fingerprint density at radius 3 is 2.73 bits per heavy atom. The summed E-state index contributed by atoms with van der Waals surface area (Å²) >= 11 is 2.69. The van der Waals surface area contributed by atoms with Gasteiger partial charge in [-0.05, 0) is 18.4 Å². The van der Waals surface area contributed by atoms with Crippen molar-refractivity contribution in [2.75, 3.05) is 6.61 Å². The smallest absolute Gasteiger partial charge is 0.312 e. The predicted octanol–water partition coefficient (Wildman–Crippen LogP) is 1.06. The van der Waals surface area contributed by atoms with Crippen molar-refractivity contribution in [2.45, 2.75) is 13.3 Å². The lowest BCUT2D eigenvalue weighted by atomic mass is 10.3. The monoisotopic (exact) mass is 339 g/mol. The zero-order valence-corrected chi connectivity index (χ0v) is 13.3. The highest BCUT2D eigenvalue weighted by Crippen LogP contribution is 2.09. The van der Waals surface area contributed by atoms with Gasteiger partial charge in [0, 0.05) is 5.38 Å². The summed E-state index contributed by atoms with van der Waals surface area (Å²) < 4.78 is 4.80. The van der Waals surface area contributed by atoms with Crippen LogP contribution in [0.15, 0.2) is 22.9 Å². The first-order valence-corrected chi connectivity index (χ1v) is 8.00. The van der Waals surface area contributed by atoms with Crippen molar-refractivity contribution in [2.24, 2.45) is 0 Å². The van der Waals surface area contributed by atoms with Gasteiger partial charge in [-0.25, -0.2) is 4.98 Å². The average molecular weight is 339 g/mol. The highest BCUT2D eigenvalue weighted by molar-refractivity contribution is 7.12. The molecule has 2 amide bonds. The third-order valence-electron chi connectivity index (χ3n) is 2.42. The molecule has 0 radical (unpaired) electrons. The normalized spacial score (nSPS) is 10.0. The van der Waals surface area contributed by atoms with E-state index in [1.807, 2.05) is 6.92 Å². The molecule has 0 aliphatic carbocycles. The molecule has 0 fully saturated rings. The number of esters is 1. The summed E-state index contributed by atoms with van der Waals surface area (Å²) in [6.45, 7) is 1.37. The Labute approximate surface area is 134 Å². The molecule has 0 saturated heterocycles. The zero-order chi connectivity index (χ0) is 15.9. The minimum absolute atomic E-state index is 0.0131. The summed E-state index contributed by atoms with van der Waals surface area (Å²) in [5.74, 6) is -1.59. The molecule has 2 aromatic rings. The van der Waals surface area contributed by atoms with Crippen molar-refractivity contribution in [1.82, 2.24) is 15.8 Å². The quantitative estimate of drug-likeness (QED) is 0.627. The average Bonchev–Trinajstić information content (AvgIpc) is 3.14. The Morgan fingerprint density at radius 1 is 1.27 bits per heavy atom. The second-order valence-corrected chi connectivity index (χ2v) is 6.18. The van der Waals surface area contributed by atoms with Crippen LogP contribution in [0.5, 0.6) is 0 Å². The molecule has 0 saturated carbocycles. The summed E-state index contributed by atoms with van der Waals surface area (Å²) in [6.07, 6.45) is 0.0131. The maximum absolute atomic E-state index is 11.6. The SMILES string of the molecule is Cc1nc(CC(=O)OCC(=O)NNC(=O)c2cccs2)cs1. The first-order valence-electron chi connectivity index (χ1n) is 6.24. The van der Waals surface area contributed by atoms with E-state index in [0.29, 0.717) is 10.6 Å². The van der Waals surface area contributed by atoms with Crippen molar-refractivity contribution in [3.05, 3.63) is 38.5 Å². The van der Waals surface area contributed by atoms with Gasteiger partial charge < -0.3 is 4.74 Å². The summed E-state index contributed by atoms with van der Waals surface area (Å²) in [4.78, 5) is 39.1. The van der Waals surface area contributed by atoms with E-state index in [9.17, 15) is 14.4 Å². The highest BCUT2D eigenvalue weighted by Gasteiger charge is 2.12. The molecule has 22 heavy (non-hydrogen) atoms. The fraction of sp³-hybridized carbons (Fsp3) is 0.231. The number of hydrogen-bond donors (Lipinski definition) is 2. The van der Waals surface area contributed by atoms with Crippen LogP contribution in [-0.2, 0) is 20.7 Å². The molecular weight excluding hydrogens is 326 g/mol. The van der Waals surface area contributed by atoms with Crippen LogP contribution < -0.4 is 10.9 Å². The predicted molar refractivity (Wildman–Crippen MR) is 81.4 cm³/mol. The van der Waals surface area contributed by atoms with E-state index in [2.05, 4.69) is 15.8 Å². The first-order chi connectivity index (χ1) is 10.5. The molecule has 0 aliphatic heterocycles. The van der Waals surface area contributed by atoms with Crippen LogP contribution in [0.25, 0.3) is 0 Å². The Morgan fingerprint density at radius 2 is 2.09 bits per heavy atom. The van der Waals surface area contributed by atoms with E-state index in [-0.39, 0.29) is 6.42 Å². The molecule has 116 valence electrons. The number of hydrogen-bond acceptors (Lipinski definition) is 7. The molecule has 2 aromatic heterocycles. The van der Waals surface area contributed by atoms with Crippen molar-refractivity contribution in [3.63, 3.8) is 0 Å². The van der Waals surface area contributed by atoms with Gasteiger partial charge >= 0.3 is 5.97 Å². The van der Waals surface area contributed by atoms with Crippen LogP contribution in [0.2, 0.25) is 0 Å². The molecule has 2 heterocycles. The number of hydrazine groups is 1. The molecule has 7 nitrogen and oxygen atoms in total. The van der Waals surface area contributed by atoms with E-state index in [1.54, 1.807) is 22.9 Å². The molecule has 2 rings (SSSR count). The lowest BCUT2D eigenvalue weighted by Crippen LogP contribution is -2.43. The number of aryl methyl sites for hydroxylation is 1. The second kappa shape index (κ2) is 7.66. The number of ether oxygens (including phenoxy) is 1. The minimum Gasteiger partial charge on any atom is -0.455 e. The molecule has 0 atom stereocenters. The van der Waals surface area contributed by atoms with Crippen LogP contribution in [0.1, 0.15) is 20.4 Å². The Kier molecular flexibility index (Phi) is 5.61. The van der Waals surface area contributed by atoms with Crippen LogP contribution in [0.4, 0.5) is 0 Å². The number of rotatable bonds is 5. The molecule has 0 bridgehead atoms. The summed E-state index contributed by atoms with van der Waals surface area (Å²) in [6, 6.07) is 3.35. The van der Waals surface area contributed by atoms with Crippen LogP contribution in [0, 0.1) is 6.92 Å². The number of carbonyl (C=O) groups is 3. The van der Waals surface area contributed by atoms with E-state index in [4.69, 9.17) is 4.74 Å². The van der Waals surface area contributed by atoms with Gasteiger partial charge in [-0.3, -0.25) is 25.2 Å². The number of nitrogens with one attached hydrogen (secondary N) is 2. The summed E-state index contributed by atoms with van der Waals surface area (Å²) in [5, 5.41) is 4.37. The third-order valence-corrected chi connectivity index (χ3v) is 4.11. The van der Waals surface area contributed by atoms with Gasteiger partial charge in [-0.2, -0.15) is 0 Å². The van der Waals surface area contributed by atoms with Gasteiger partial charge in [-0.15, -0.1) is 22.7 Å². The topological polar surface area (TPSA) is 97.4 Å². The van der Waals surface area contributed by atoms with Gasteiger partial charge in [0.15, 0.2) is 6.61 Å². The van der Waals surface area contributed by atoms with Crippen molar-refractivity contribution >= 4 is 40.5 Å². The highest BCUT2D eigenvalue weighted by atomic mass is 32.1. The van der Waals surface area contributed by atoms with Gasteiger partial charge in [0.2, 0.25) is 0 Å². The van der Waals surface area contributed by atoms with Crippen molar-refractivity contribution in [3.8, 4) is 0 Å². The molecular formula is C13H13N3O4S2. The lowest BCUT2D eigenvalue weighted by Gasteiger charge is -2.06. The number of carbonyl (C=O) groups excluding carboxylic acids is 3. The number of thiazole rings is 1. The molecule has 0 aromatic carbocycles. The number of amides is 2. The Bertz CT molecular complexity index is 667. The molecule has 2 N–H and O–H groups in total. The standard InChI is InChI=1S/C13H13N3O4S2/c1-8-14-9(7-22-8)5-12(18)20-6-11(17)15-16-13(19)10-3-2-4-21-10/h2-4,7H,5-6H2,1H3,(H,15,17)(H,16,19). The van der Waals surface area contributed by atoms with E-state index >= 15 is 0 Å². The molecule has 0 unspecified atom stereocenters. The summed E-state index contributed by atoms with van der Waals surface area (Å²) in [7, 11) is 0. The van der Waals surface area contributed by atoms with E-state index in [1.165, 1.54) is 22.7 Å². The van der Waals surface area contributed by atoms with Crippen molar-refractivity contribution in [1.29, 1.82) is 0 Å². The second-order valence-electron chi connectivity index (χ2n) is 4.17. The third kappa shape index (κ3) is 4.93. The zero-order valence-electron chi connectivity index (χ0n) is 11.6. The van der Waals surface area contributed by atoms with Crippen molar-refractivity contribution < 1.29 is 19.1 Å². The van der Waals surface area contributed by atoms with Crippen LogP contribution in [0.3, 0.4) is 0 Å². The van der Waals surface area contributed by atoms with Gasteiger partial charge in [0.1, 0.15) is 0 Å². The lowest BCUT2D eigenvalue weighted by molar-refractivity contribution is -0.148. The maximum atomic E-state index is 11.6. The number of nitrogens with zero attached hydrogens (tertiary/aromatic N) is 1. The molecule has 0 aliphatic rings. The molecule has 0 spiro atoms. The summed E-state index contributed by atoms with van der Waals surface area (Å²) in [5.41, 5.74) is 5.01. The minimum atomic E-state index is -0.618. The Hall–Kier alpha value is -2.26. The fourth-order valence-corrected chi connectivity index (χ4v) is 2.70.